The van der Waals surface area contributed by atoms with Crippen LogP contribution in [0.5, 0.6) is 0 Å². The Bertz CT molecular complexity index is 3430. The number of benzene rings is 10. The van der Waals surface area contributed by atoms with Crippen molar-refractivity contribution in [2.45, 2.75) is 12.1 Å². The summed E-state index contributed by atoms with van der Waals surface area (Å²) < 4.78 is 2.52. The highest BCUT2D eigenvalue weighted by Crippen LogP contribution is 2.63. The van der Waals surface area contributed by atoms with Crippen LogP contribution in [0.2, 0.25) is 0 Å². The lowest BCUT2D eigenvalue weighted by molar-refractivity contribution is 0.633. The quantitative estimate of drug-likeness (QED) is 0.159. The summed E-state index contributed by atoms with van der Waals surface area (Å²) >= 11 is 0. The van der Waals surface area contributed by atoms with E-state index in [1.807, 2.05) is 0 Å². The van der Waals surface area contributed by atoms with Gasteiger partial charge in [0.25, 0.3) is 0 Å². The van der Waals surface area contributed by atoms with Crippen LogP contribution in [0.3, 0.4) is 0 Å². The topological polar surface area (TPSA) is 11.4 Å². The highest BCUT2D eigenvalue weighted by atomic mass is 15.3. The summed E-state index contributed by atoms with van der Waals surface area (Å²) in [5, 5.41) is 2.44. The molecule has 13 rings (SSSR count). The first-order valence-electron chi connectivity index (χ1n) is 22.6. The van der Waals surface area contributed by atoms with Gasteiger partial charge >= 0.3 is 0 Å². The number of aromatic nitrogens is 1. The average Bonchev–Trinajstić information content (AvgIpc) is 4.02. The number of nitrogens with zero attached hydrogens (tertiary/aromatic N) is 3. The molecule has 3 nitrogen and oxygen atoms in total. The molecule has 11 aromatic rings. The van der Waals surface area contributed by atoms with Gasteiger partial charge in [0.05, 0.1) is 34.5 Å². The van der Waals surface area contributed by atoms with Crippen molar-refractivity contribution in [3.63, 3.8) is 0 Å². The molecule has 1 aromatic heterocycles. The van der Waals surface area contributed by atoms with Crippen molar-refractivity contribution in [2.24, 2.45) is 0 Å². The van der Waals surface area contributed by atoms with Crippen LogP contribution in [-0.2, 0) is 0 Å². The first-order valence-corrected chi connectivity index (χ1v) is 22.6. The maximum atomic E-state index is 2.63. The lowest BCUT2D eigenvalue weighted by atomic mass is 9.92. The molecule has 0 amide bonds. The van der Waals surface area contributed by atoms with Gasteiger partial charge in [0.1, 0.15) is 0 Å². The van der Waals surface area contributed by atoms with E-state index in [1.165, 1.54) is 100 Å². The van der Waals surface area contributed by atoms with Gasteiger partial charge in [0.2, 0.25) is 0 Å². The lowest BCUT2D eigenvalue weighted by Gasteiger charge is -2.31. The fraction of sp³-hybridized carbons (Fsp3) is 0.0323. The number of hydrogen-bond donors (Lipinski definition) is 0. The van der Waals surface area contributed by atoms with Gasteiger partial charge < -0.3 is 14.4 Å². The summed E-state index contributed by atoms with van der Waals surface area (Å²) in [5.41, 5.74) is 20.7. The summed E-state index contributed by atoms with van der Waals surface area (Å²) in [6.07, 6.45) is 0. The van der Waals surface area contributed by atoms with Gasteiger partial charge in [-0.2, -0.15) is 0 Å². The molecular formula is C62H43N3. The van der Waals surface area contributed by atoms with Gasteiger partial charge in [-0.3, -0.25) is 0 Å². The van der Waals surface area contributed by atoms with E-state index in [-0.39, 0.29) is 12.1 Å². The summed E-state index contributed by atoms with van der Waals surface area (Å²) in [5.74, 6) is 0. The Hall–Kier alpha value is -8.40. The van der Waals surface area contributed by atoms with E-state index in [0.29, 0.717) is 0 Å². The normalized spacial score (nSPS) is 15.0. The van der Waals surface area contributed by atoms with E-state index in [9.17, 15) is 0 Å². The SMILES string of the molecule is c1ccc(-c2ccccc2-c2ccc3c(c2)c2cc(-c4ccccc4-c4ccccc4)ccc2n3-c2ccccc2N2c3ccccc3C3C2c2ccccc2N3c2ccccc2)cc1. The van der Waals surface area contributed by atoms with Gasteiger partial charge in [-0.05, 0) is 105 Å². The highest BCUT2D eigenvalue weighted by molar-refractivity contribution is 6.13. The number of rotatable bonds is 7. The van der Waals surface area contributed by atoms with Crippen molar-refractivity contribution in [3.8, 4) is 50.2 Å². The second kappa shape index (κ2) is 15.1. The molecule has 2 unspecified atom stereocenters. The Morgan fingerprint density at radius 2 is 0.631 bits per heavy atom. The third kappa shape index (κ3) is 5.90. The van der Waals surface area contributed by atoms with E-state index in [1.54, 1.807) is 0 Å². The van der Waals surface area contributed by atoms with Gasteiger partial charge in [0, 0.05) is 39.0 Å². The molecule has 3 heterocycles. The number of anilines is 4. The molecule has 0 N–H and O–H groups in total. The van der Waals surface area contributed by atoms with Crippen molar-refractivity contribution in [2.75, 3.05) is 9.80 Å². The van der Waals surface area contributed by atoms with E-state index in [4.69, 9.17) is 0 Å². The van der Waals surface area contributed by atoms with Crippen LogP contribution in [0, 0.1) is 0 Å². The van der Waals surface area contributed by atoms with Crippen molar-refractivity contribution in [3.05, 3.63) is 260 Å². The zero-order chi connectivity index (χ0) is 42.8. The third-order valence-corrected chi connectivity index (χ3v) is 13.7. The standard InChI is InChI=1S/C62H43N3/c1-4-20-42(21-5-1)47-26-10-12-28-49(47)44-36-38-57-53(40-44)54-41-45(50-29-13-11-27-48(50)43-22-6-2-7-23-43)37-39-58(54)64(57)59-34-18-19-35-60(59)65-56-33-17-15-31-52(56)61-62(65)51-30-14-16-32-55(51)63(61)46-24-8-3-9-25-46/h1-41,61-62H. The molecular weight excluding hydrogens is 787 g/mol. The van der Waals surface area contributed by atoms with Gasteiger partial charge in [-0.1, -0.05) is 188 Å². The van der Waals surface area contributed by atoms with E-state index < -0.39 is 0 Å². The summed E-state index contributed by atoms with van der Waals surface area (Å²) in [6, 6.07) is 91.5. The predicted molar refractivity (Wildman–Crippen MR) is 272 cm³/mol. The fourth-order valence-electron chi connectivity index (χ4n) is 11.0. The van der Waals surface area contributed by atoms with Crippen LogP contribution >= 0.6 is 0 Å². The molecule has 0 aliphatic carbocycles. The first-order chi connectivity index (χ1) is 32.3. The van der Waals surface area contributed by atoms with E-state index in [0.717, 1.165) is 5.69 Å². The molecule has 2 aliphatic heterocycles. The summed E-state index contributed by atoms with van der Waals surface area (Å²) in [4.78, 5) is 5.19. The monoisotopic (exact) mass is 829 g/mol. The largest absolute Gasteiger partial charge is 0.331 e. The lowest BCUT2D eigenvalue weighted by Crippen LogP contribution is -2.25. The Morgan fingerprint density at radius 1 is 0.262 bits per heavy atom. The van der Waals surface area contributed by atoms with Crippen molar-refractivity contribution in [1.29, 1.82) is 0 Å². The van der Waals surface area contributed by atoms with Crippen LogP contribution in [0.4, 0.5) is 22.7 Å². The Labute approximate surface area is 379 Å². The van der Waals surface area contributed by atoms with Crippen LogP contribution < -0.4 is 9.80 Å². The maximum absolute atomic E-state index is 2.63. The van der Waals surface area contributed by atoms with Crippen molar-refractivity contribution in [1.82, 2.24) is 4.57 Å². The number of hydrogen-bond acceptors (Lipinski definition) is 2. The second-order valence-corrected chi connectivity index (χ2v) is 17.2. The summed E-state index contributed by atoms with van der Waals surface area (Å²) in [7, 11) is 0. The van der Waals surface area contributed by atoms with Crippen molar-refractivity contribution < 1.29 is 0 Å². The molecule has 0 bridgehead atoms. The maximum Gasteiger partial charge on any atom is 0.0862 e. The molecule has 0 saturated carbocycles. The molecule has 3 heteroatoms. The Morgan fingerprint density at radius 3 is 1.14 bits per heavy atom. The zero-order valence-electron chi connectivity index (χ0n) is 35.7. The van der Waals surface area contributed by atoms with Crippen LogP contribution in [-0.4, -0.2) is 4.57 Å². The molecule has 0 fully saturated rings. The van der Waals surface area contributed by atoms with E-state index in [2.05, 4.69) is 263 Å². The minimum Gasteiger partial charge on any atom is -0.331 e. The second-order valence-electron chi connectivity index (χ2n) is 17.2. The van der Waals surface area contributed by atoms with Crippen LogP contribution in [0.25, 0.3) is 72.0 Å². The minimum absolute atomic E-state index is 0.0558. The fourth-order valence-corrected chi connectivity index (χ4v) is 11.0. The molecule has 0 radical (unpaired) electrons. The molecule has 65 heavy (non-hydrogen) atoms. The molecule has 2 aliphatic rings. The molecule has 306 valence electrons. The van der Waals surface area contributed by atoms with E-state index >= 15 is 0 Å². The van der Waals surface area contributed by atoms with Gasteiger partial charge in [0.15, 0.2) is 0 Å². The molecule has 2 atom stereocenters. The number of fused-ring (bicyclic) bond motifs is 8. The molecule has 0 spiro atoms. The Balaban J connectivity index is 1.05. The Kier molecular flexibility index (Phi) is 8.67. The van der Waals surface area contributed by atoms with Gasteiger partial charge in [-0.25, -0.2) is 0 Å². The predicted octanol–water partition coefficient (Wildman–Crippen LogP) is 16.5. The molecule has 10 aromatic carbocycles. The first kappa shape index (κ1) is 37.2. The molecule has 0 saturated heterocycles. The van der Waals surface area contributed by atoms with Crippen molar-refractivity contribution >= 4 is 44.6 Å². The van der Waals surface area contributed by atoms with Gasteiger partial charge in [-0.15, -0.1) is 0 Å². The minimum atomic E-state index is 0.0558. The van der Waals surface area contributed by atoms with Crippen LogP contribution in [0.15, 0.2) is 249 Å². The average molecular weight is 830 g/mol. The highest BCUT2D eigenvalue weighted by Gasteiger charge is 2.50. The number of para-hydroxylation sites is 5. The van der Waals surface area contributed by atoms with Crippen LogP contribution in [0.1, 0.15) is 23.2 Å². The zero-order valence-corrected chi connectivity index (χ0v) is 35.7. The smallest absolute Gasteiger partial charge is 0.0862 e. The summed E-state index contributed by atoms with van der Waals surface area (Å²) in [6.45, 7) is 0. The third-order valence-electron chi connectivity index (χ3n) is 13.7.